The van der Waals surface area contributed by atoms with Crippen LogP contribution in [-0.2, 0) is 4.79 Å². The Balaban J connectivity index is 1.78. The standard InChI is InChI=1S/C10H18N2O2/c1-6-4-11-5-9(6)10(14)12-7-2-8(13)3-7/h6-9,11,13H,2-5H2,1H3,(H,12,14)/t6-,7?,8?,9-/m1/s1. The minimum absolute atomic E-state index is 0.118. The largest absolute Gasteiger partial charge is 0.393 e. The third-order valence-electron chi connectivity index (χ3n) is 3.31. The normalized spacial score (nSPS) is 41.9. The Hall–Kier alpha value is -0.610. The highest BCUT2D eigenvalue weighted by Gasteiger charge is 2.34. The molecule has 1 aliphatic carbocycles. The summed E-state index contributed by atoms with van der Waals surface area (Å²) in [5.41, 5.74) is 0. The molecule has 1 saturated carbocycles. The Kier molecular flexibility index (Phi) is 2.74. The summed E-state index contributed by atoms with van der Waals surface area (Å²) in [6.07, 6.45) is 1.25. The molecule has 0 aromatic rings. The van der Waals surface area contributed by atoms with Gasteiger partial charge in [-0.2, -0.15) is 0 Å². The lowest BCUT2D eigenvalue weighted by molar-refractivity contribution is -0.127. The summed E-state index contributed by atoms with van der Waals surface area (Å²) in [7, 11) is 0. The summed E-state index contributed by atoms with van der Waals surface area (Å²) >= 11 is 0. The molecular formula is C10H18N2O2. The molecule has 2 atom stereocenters. The zero-order valence-corrected chi connectivity index (χ0v) is 8.49. The maximum Gasteiger partial charge on any atom is 0.224 e. The predicted octanol–water partition coefficient (Wildman–Crippen LogP) is -0.519. The average Bonchev–Trinajstić information content (AvgIpc) is 2.48. The number of carbonyl (C=O) groups is 1. The van der Waals surface area contributed by atoms with E-state index in [4.69, 9.17) is 5.11 Å². The van der Waals surface area contributed by atoms with Gasteiger partial charge >= 0.3 is 0 Å². The van der Waals surface area contributed by atoms with Gasteiger partial charge < -0.3 is 15.7 Å². The van der Waals surface area contributed by atoms with Crippen molar-refractivity contribution in [2.45, 2.75) is 31.9 Å². The van der Waals surface area contributed by atoms with Crippen LogP contribution in [0.2, 0.25) is 0 Å². The molecular weight excluding hydrogens is 180 g/mol. The lowest BCUT2D eigenvalue weighted by Gasteiger charge is -2.33. The first-order chi connectivity index (χ1) is 6.66. The van der Waals surface area contributed by atoms with Crippen molar-refractivity contribution in [2.24, 2.45) is 11.8 Å². The molecule has 0 unspecified atom stereocenters. The van der Waals surface area contributed by atoms with Crippen LogP contribution in [0.4, 0.5) is 0 Å². The van der Waals surface area contributed by atoms with E-state index in [2.05, 4.69) is 17.6 Å². The van der Waals surface area contributed by atoms with Crippen molar-refractivity contribution in [3.8, 4) is 0 Å². The van der Waals surface area contributed by atoms with Gasteiger partial charge in [0, 0.05) is 12.6 Å². The van der Waals surface area contributed by atoms with Crippen molar-refractivity contribution in [1.29, 1.82) is 0 Å². The van der Waals surface area contributed by atoms with E-state index in [9.17, 15) is 4.79 Å². The Labute approximate surface area is 84.1 Å². The minimum Gasteiger partial charge on any atom is -0.393 e. The molecule has 0 aromatic carbocycles. The van der Waals surface area contributed by atoms with Crippen LogP contribution in [0, 0.1) is 11.8 Å². The van der Waals surface area contributed by atoms with Crippen molar-refractivity contribution < 1.29 is 9.90 Å². The summed E-state index contributed by atoms with van der Waals surface area (Å²) in [4.78, 5) is 11.7. The molecule has 3 N–H and O–H groups in total. The van der Waals surface area contributed by atoms with Crippen molar-refractivity contribution in [3.05, 3.63) is 0 Å². The van der Waals surface area contributed by atoms with Crippen LogP contribution >= 0.6 is 0 Å². The van der Waals surface area contributed by atoms with Crippen LogP contribution in [0.15, 0.2) is 0 Å². The van der Waals surface area contributed by atoms with Crippen LogP contribution < -0.4 is 10.6 Å². The van der Waals surface area contributed by atoms with E-state index < -0.39 is 0 Å². The fourth-order valence-corrected chi connectivity index (χ4v) is 2.17. The van der Waals surface area contributed by atoms with Gasteiger partial charge in [-0.25, -0.2) is 0 Å². The fraction of sp³-hybridized carbons (Fsp3) is 0.900. The molecule has 14 heavy (non-hydrogen) atoms. The molecule has 1 heterocycles. The third kappa shape index (κ3) is 1.91. The second kappa shape index (κ2) is 3.87. The summed E-state index contributed by atoms with van der Waals surface area (Å²) < 4.78 is 0. The number of carbonyl (C=O) groups excluding carboxylic acids is 1. The Morgan fingerprint density at radius 3 is 2.64 bits per heavy atom. The molecule has 80 valence electrons. The third-order valence-corrected chi connectivity index (χ3v) is 3.31. The zero-order chi connectivity index (χ0) is 10.1. The molecule has 1 saturated heterocycles. The topological polar surface area (TPSA) is 61.4 Å². The van der Waals surface area contributed by atoms with Crippen molar-refractivity contribution in [3.63, 3.8) is 0 Å². The van der Waals surface area contributed by atoms with E-state index in [1.165, 1.54) is 0 Å². The molecule has 2 fully saturated rings. The summed E-state index contributed by atoms with van der Waals surface area (Å²) in [6, 6.07) is 0.213. The van der Waals surface area contributed by atoms with Gasteiger partial charge in [-0.1, -0.05) is 6.92 Å². The maximum atomic E-state index is 11.7. The van der Waals surface area contributed by atoms with Crippen LogP contribution in [0.1, 0.15) is 19.8 Å². The van der Waals surface area contributed by atoms with E-state index in [0.717, 1.165) is 25.9 Å². The Morgan fingerprint density at radius 1 is 1.43 bits per heavy atom. The van der Waals surface area contributed by atoms with Crippen molar-refractivity contribution in [2.75, 3.05) is 13.1 Å². The van der Waals surface area contributed by atoms with Crippen LogP contribution in [0.25, 0.3) is 0 Å². The second-order valence-corrected chi connectivity index (χ2v) is 4.57. The monoisotopic (exact) mass is 198 g/mol. The molecule has 0 spiro atoms. The molecule has 1 aliphatic heterocycles. The van der Waals surface area contributed by atoms with Gasteiger partial charge in [-0.15, -0.1) is 0 Å². The number of rotatable bonds is 2. The predicted molar refractivity (Wildman–Crippen MR) is 52.7 cm³/mol. The van der Waals surface area contributed by atoms with E-state index in [0.29, 0.717) is 5.92 Å². The molecule has 2 aliphatic rings. The lowest BCUT2D eigenvalue weighted by Crippen LogP contribution is -2.49. The van der Waals surface area contributed by atoms with Crippen molar-refractivity contribution >= 4 is 5.91 Å². The van der Waals surface area contributed by atoms with Gasteiger partial charge in [0.15, 0.2) is 0 Å². The number of amides is 1. The first-order valence-electron chi connectivity index (χ1n) is 5.36. The van der Waals surface area contributed by atoms with E-state index in [1.807, 2.05) is 0 Å². The Morgan fingerprint density at radius 2 is 2.14 bits per heavy atom. The molecule has 0 radical (unpaired) electrons. The zero-order valence-electron chi connectivity index (χ0n) is 8.49. The molecule has 4 heteroatoms. The lowest BCUT2D eigenvalue weighted by atomic mass is 9.88. The number of hydrogen-bond acceptors (Lipinski definition) is 3. The molecule has 0 aromatic heterocycles. The quantitative estimate of drug-likeness (QED) is 0.559. The van der Waals surface area contributed by atoms with Gasteiger partial charge in [0.2, 0.25) is 5.91 Å². The molecule has 0 bridgehead atoms. The van der Waals surface area contributed by atoms with Crippen LogP contribution in [0.3, 0.4) is 0 Å². The van der Waals surface area contributed by atoms with E-state index >= 15 is 0 Å². The van der Waals surface area contributed by atoms with Gasteiger partial charge in [-0.05, 0) is 25.3 Å². The summed E-state index contributed by atoms with van der Waals surface area (Å²) in [6.45, 7) is 3.83. The first-order valence-corrected chi connectivity index (χ1v) is 5.36. The highest BCUT2D eigenvalue weighted by atomic mass is 16.3. The van der Waals surface area contributed by atoms with Gasteiger partial charge in [0.05, 0.1) is 12.0 Å². The highest BCUT2D eigenvalue weighted by Crippen LogP contribution is 2.21. The SMILES string of the molecule is C[C@@H]1CNC[C@H]1C(=O)NC1CC(O)C1. The van der Waals surface area contributed by atoms with Crippen LogP contribution in [-0.4, -0.2) is 36.2 Å². The molecule has 2 rings (SSSR count). The van der Waals surface area contributed by atoms with E-state index in [1.54, 1.807) is 0 Å². The molecule has 4 nitrogen and oxygen atoms in total. The van der Waals surface area contributed by atoms with Crippen LogP contribution in [0.5, 0.6) is 0 Å². The highest BCUT2D eigenvalue weighted by molar-refractivity contribution is 5.80. The minimum atomic E-state index is -0.195. The number of hydrogen-bond donors (Lipinski definition) is 3. The first kappa shape index (κ1) is 9.93. The molecule has 1 amide bonds. The number of aliphatic hydroxyl groups is 1. The van der Waals surface area contributed by atoms with E-state index in [-0.39, 0.29) is 24.0 Å². The van der Waals surface area contributed by atoms with Crippen molar-refractivity contribution in [1.82, 2.24) is 10.6 Å². The fourth-order valence-electron chi connectivity index (χ4n) is 2.17. The summed E-state index contributed by atoms with van der Waals surface area (Å²) in [5.74, 6) is 0.701. The van der Waals surface area contributed by atoms with Gasteiger partial charge in [0.25, 0.3) is 0 Å². The smallest absolute Gasteiger partial charge is 0.224 e. The summed E-state index contributed by atoms with van der Waals surface area (Å²) in [5, 5.41) is 15.3. The Bertz CT molecular complexity index is 226. The maximum absolute atomic E-state index is 11.7. The average molecular weight is 198 g/mol. The number of aliphatic hydroxyl groups excluding tert-OH is 1. The van der Waals surface area contributed by atoms with Gasteiger partial charge in [-0.3, -0.25) is 4.79 Å². The van der Waals surface area contributed by atoms with Gasteiger partial charge in [0.1, 0.15) is 0 Å². The number of nitrogens with one attached hydrogen (secondary N) is 2. The second-order valence-electron chi connectivity index (χ2n) is 4.57.